The Hall–Kier alpha value is -4.74. The van der Waals surface area contributed by atoms with Crippen molar-refractivity contribution in [3.05, 3.63) is 53.1 Å². The SMILES string of the molecule is COc1cc([C@@H]2c3cc4c(cc3[C@@H](NC(=O)C3CCC(CN5C(=O)C=CC5=O)CC3)[C@H]3COC(=O)[C@H]23)OCO4)cc(OC)c1O. The molecule has 12 nitrogen and oxygen atoms in total. The molecule has 0 unspecified atom stereocenters. The first kappa shape index (κ1) is 29.0. The second-order valence-corrected chi connectivity index (χ2v) is 12.2. The first-order valence-electron chi connectivity index (χ1n) is 15.2. The lowest BCUT2D eigenvalue weighted by molar-refractivity contribution is -0.142. The van der Waals surface area contributed by atoms with Gasteiger partial charge < -0.3 is 34.1 Å². The van der Waals surface area contributed by atoms with E-state index >= 15 is 0 Å². The van der Waals surface area contributed by atoms with Crippen molar-refractivity contribution in [2.45, 2.75) is 37.6 Å². The molecule has 45 heavy (non-hydrogen) atoms. The highest BCUT2D eigenvalue weighted by Crippen LogP contribution is 2.55. The Labute approximate surface area is 259 Å². The molecule has 2 aromatic rings. The number of nitrogens with zero attached hydrogens (tertiary/aromatic N) is 1. The van der Waals surface area contributed by atoms with Crippen LogP contribution in [0.3, 0.4) is 0 Å². The average Bonchev–Trinajstić information content (AvgIpc) is 3.76. The minimum atomic E-state index is -0.637. The predicted molar refractivity (Wildman–Crippen MR) is 156 cm³/mol. The third kappa shape index (κ3) is 4.92. The van der Waals surface area contributed by atoms with Crippen molar-refractivity contribution in [2.75, 3.05) is 34.2 Å². The normalized spacial score (nSPS) is 28.0. The van der Waals surface area contributed by atoms with E-state index in [0.717, 1.165) is 24.0 Å². The standard InChI is InChI=1S/C33H34N2O10/c1-41-24-9-18(10-25(42-2)31(24)38)28-19-11-22-23(45-15-44-22)12-20(19)30(21-14-43-33(40)29(21)28)34-32(39)17-5-3-16(4-6-17)13-35-26(36)7-8-27(35)37/h7-12,16-17,21,28-30,38H,3-6,13-15H2,1-2H3,(H,34,39)/t16?,17?,21-,28+,29-,30+/m0/s1. The molecule has 4 atom stereocenters. The highest BCUT2D eigenvalue weighted by molar-refractivity contribution is 6.12. The Morgan fingerprint density at radius 1 is 0.911 bits per heavy atom. The molecule has 1 saturated heterocycles. The molecular formula is C33H34N2O10. The molecule has 0 aromatic heterocycles. The van der Waals surface area contributed by atoms with Gasteiger partial charge in [0.1, 0.15) is 0 Å². The van der Waals surface area contributed by atoms with Crippen LogP contribution < -0.4 is 24.3 Å². The van der Waals surface area contributed by atoms with Crippen LogP contribution in [0.1, 0.15) is 54.3 Å². The molecule has 3 aliphatic heterocycles. The Balaban J connectivity index is 1.18. The summed E-state index contributed by atoms with van der Waals surface area (Å²) in [6, 6.07) is 6.58. The van der Waals surface area contributed by atoms with Crippen LogP contribution in [0, 0.1) is 23.7 Å². The summed E-state index contributed by atoms with van der Waals surface area (Å²) < 4.78 is 27.9. The number of carbonyl (C=O) groups is 4. The van der Waals surface area contributed by atoms with Crippen LogP contribution in [-0.4, -0.2) is 67.9 Å². The van der Waals surface area contributed by atoms with Gasteiger partial charge in [0.05, 0.1) is 32.8 Å². The number of carbonyl (C=O) groups excluding carboxylic acids is 4. The molecule has 0 radical (unpaired) electrons. The van der Waals surface area contributed by atoms with Crippen LogP contribution in [0.4, 0.5) is 0 Å². The van der Waals surface area contributed by atoms with Crippen molar-refractivity contribution >= 4 is 23.7 Å². The third-order valence-electron chi connectivity index (χ3n) is 9.90. The Morgan fingerprint density at radius 2 is 1.53 bits per heavy atom. The Morgan fingerprint density at radius 3 is 2.16 bits per heavy atom. The number of phenolic OH excluding ortho intramolecular Hbond substituents is 1. The fourth-order valence-electron chi connectivity index (χ4n) is 7.59. The lowest BCUT2D eigenvalue weighted by Crippen LogP contribution is -2.45. The average molecular weight is 619 g/mol. The maximum Gasteiger partial charge on any atom is 0.310 e. The van der Waals surface area contributed by atoms with Gasteiger partial charge in [-0.15, -0.1) is 0 Å². The third-order valence-corrected chi connectivity index (χ3v) is 9.90. The summed E-state index contributed by atoms with van der Waals surface area (Å²) in [4.78, 5) is 52.5. The zero-order valence-electron chi connectivity index (χ0n) is 24.9. The fraction of sp³-hybridized carbons (Fsp3) is 0.455. The molecule has 5 aliphatic rings. The van der Waals surface area contributed by atoms with Gasteiger partial charge in [0.25, 0.3) is 11.8 Å². The van der Waals surface area contributed by atoms with Gasteiger partial charge in [0, 0.05) is 36.5 Å². The smallest absolute Gasteiger partial charge is 0.310 e. The van der Waals surface area contributed by atoms with Gasteiger partial charge in [-0.25, -0.2) is 0 Å². The van der Waals surface area contributed by atoms with Crippen LogP contribution >= 0.6 is 0 Å². The molecule has 2 N–H and O–H groups in total. The van der Waals surface area contributed by atoms with Crippen LogP contribution in [0.15, 0.2) is 36.4 Å². The number of hydrogen-bond acceptors (Lipinski definition) is 10. The van der Waals surface area contributed by atoms with E-state index in [2.05, 4.69) is 5.32 Å². The number of nitrogens with one attached hydrogen (secondary N) is 1. The maximum absolute atomic E-state index is 13.8. The number of ether oxygens (including phenoxy) is 5. The zero-order valence-corrected chi connectivity index (χ0v) is 24.9. The summed E-state index contributed by atoms with van der Waals surface area (Å²) in [5.74, 6) is -1.34. The van der Waals surface area contributed by atoms with Crippen molar-refractivity contribution < 1.29 is 48.0 Å². The van der Waals surface area contributed by atoms with Crippen LogP contribution in [0.2, 0.25) is 0 Å². The molecule has 0 spiro atoms. The fourth-order valence-corrected chi connectivity index (χ4v) is 7.59. The second-order valence-electron chi connectivity index (χ2n) is 12.2. The number of esters is 1. The summed E-state index contributed by atoms with van der Waals surface area (Å²) >= 11 is 0. The summed E-state index contributed by atoms with van der Waals surface area (Å²) in [5, 5.41) is 13.9. The van der Waals surface area contributed by atoms with Gasteiger partial charge >= 0.3 is 5.97 Å². The number of imide groups is 1. The van der Waals surface area contributed by atoms with Gasteiger partial charge in [-0.3, -0.25) is 24.1 Å². The molecule has 2 aliphatic carbocycles. The summed E-state index contributed by atoms with van der Waals surface area (Å²) in [5.41, 5.74) is 2.26. The number of phenols is 1. The number of rotatable bonds is 7. The van der Waals surface area contributed by atoms with Crippen molar-refractivity contribution in [2.24, 2.45) is 23.7 Å². The van der Waals surface area contributed by atoms with Crippen molar-refractivity contribution in [3.8, 4) is 28.7 Å². The highest BCUT2D eigenvalue weighted by Gasteiger charge is 2.53. The molecule has 7 rings (SSSR count). The number of benzene rings is 2. The van der Waals surface area contributed by atoms with E-state index in [0.29, 0.717) is 36.4 Å². The summed E-state index contributed by atoms with van der Waals surface area (Å²) in [7, 11) is 2.89. The monoisotopic (exact) mass is 618 g/mol. The zero-order chi connectivity index (χ0) is 31.4. The van der Waals surface area contributed by atoms with Gasteiger partial charge in [0.2, 0.25) is 18.4 Å². The minimum absolute atomic E-state index is 0.0591. The van der Waals surface area contributed by atoms with E-state index in [1.54, 1.807) is 12.1 Å². The van der Waals surface area contributed by atoms with E-state index in [9.17, 15) is 24.3 Å². The van der Waals surface area contributed by atoms with Gasteiger partial charge in [-0.05, 0) is 72.6 Å². The highest BCUT2D eigenvalue weighted by atomic mass is 16.7. The molecule has 3 amide bonds. The molecule has 1 saturated carbocycles. The first-order chi connectivity index (χ1) is 21.8. The summed E-state index contributed by atoms with van der Waals surface area (Å²) in [6.07, 6.45) is 5.27. The quantitative estimate of drug-likeness (QED) is 0.350. The van der Waals surface area contributed by atoms with Crippen molar-refractivity contribution in [1.29, 1.82) is 0 Å². The number of cyclic esters (lactones) is 1. The number of amides is 3. The van der Waals surface area contributed by atoms with E-state index in [-0.39, 0.29) is 72.1 Å². The number of fused-ring (bicyclic) bond motifs is 3. The number of methoxy groups -OCH3 is 2. The largest absolute Gasteiger partial charge is 0.502 e. The Kier molecular flexibility index (Phi) is 7.29. The van der Waals surface area contributed by atoms with Crippen LogP contribution in [-0.2, 0) is 23.9 Å². The van der Waals surface area contributed by atoms with Crippen LogP contribution in [0.5, 0.6) is 28.7 Å². The molecule has 3 heterocycles. The van der Waals surface area contributed by atoms with Gasteiger partial charge in [0.15, 0.2) is 23.0 Å². The minimum Gasteiger partial charge on any atom is -0.502 e. The van der Waals surface area contributed by atoms with Gasteiger partial charge in [-0.1, -0.05) is 0 Å². The molecule has 236 valence electrons. The predicted octanol–water partition coefficient (Wildman–Crippen LogP) is 2.96. The molecule has 2 aromatic carbocycles. The molecular weight excluding hydrogens is 584 g/mol. The topological polar surface area (TPSA) is 150 Å². The number of hydrogen-bond donors (Lipinski definition) is 2. The van der Waals surface area contributed by atoms with E-state index in [4.69, 9.17) is 23.7 Å². The maximum atomic E-state index is 13.8. The van der Waals surface area contributed by atoms with E-state index < -0.39 is 17.9 Å². The summed E-state index contributed by atoms with van der Waals surface area (Å²) in [6.45, 7) is 0.549. The lowest BCUT2D eigenvalue weighted by Gasteiger charge is -2.40. The lowest BCUT2D eigenvalue weighted by atomic mass is 9.65. The van der Waals surface area contributed by atoms with E-state index in [1.807, 2.05) is 12.1 Å². The molecule has 12 heteroatoms. The Bertz CT molecular complexity index is 1570. The van der Waals surface area contributed by atoms with Crippen molar-refractivity contribution in [1.82, 2.24) is 10.2 Å². The molecule has 2 fully saturated rings. The molecule has 0 bridgehead atoms. The first-order valence-corrected chi connectivity index (χ1v) is 15.2. The second kappa shape index (κ2) is 11.3. The van der Waals surface area contributed by atoms with Gasteiger partial charge in [-0.2, -0.15) is 0 Å². The van der Waals surface area contributed by atoms with E-state index in [1.165, 1.54) is 31.3 Å². The number of aromatic hydroxyl groups is 1. The van der Waals surface area contributed by atoms with Crippen molar-refractivity contribution in [3.63, 3.8) is 0 Å². The van der Waals surface area contributed by atoms with Crippen LogP contribution in [0.25, 0.3) is 0 Å².